The first-order valence-corrected chi connectivity index (χ1v) is 7.76. The molecule has 1 rings (SSSR count). The monoisotopic (exact) mass is 358 g/mol. The Labute approximate surface area is 152 Å². The fourth-order valence-corrected chi connectivity index (χ4v) is 1.69. The van der Waals surface area contributed by atoms with Gasteiger partial charge in [0.05, 0.1) is 0 Å². The maximum absolute atomic E-state index is 11.7. The minimum Gasteiger partial charge on any atom is -0.457 e. The summed E-state index contributed by atoms with van der Waals surface area (Å²) in [6, 6.07) is 4.78. The predicted octanol–water partition coefficient (Wildman–Crippen LogP) is 3.41. The summed E-state index contributed by atoms with van der Waals surface area (Å²) in [4.78, 5) is 34.8. The highest BCUT2D eigenvalue weighted by atomic mass is 16.5. The molecule has 0 radical (unpaired) electrons. The molecule has 0 unspecified atom stereocenters. The molecule has 0 bridgehead atoms. The molecule has 0 aliphatic rings. The summed E-state index contributed by atoms with van der Waals surface area (Å²) in [6.45, 7) is 15.0. The third-order valence-corrected chi connectivity index (χ3v) is 3.02. The maximum Gasteiger partial charge on any atom is 0.338 e. The molecule has 0 aliphatic carbocycles. The molecular formula is C20H22O6. The van der Waals surface area contributed by atoms with Crippen LogP contribution in [0.2, 0.25) is 0 Å². The molecule has 1 aromatic rings. The highest BCUT2D eigenvalue weighted by Crippen LogP contribution is 2.20. The molecule has 0 heterocycles. The zero-order valence-corrected chi connectivity index (χ0v) is 15.2. The van der Waals surface area contributed by atoms with Crippen LogP contribution in [0.15, 0.2) is 54.7 Å². The van der Waals surface area contributed by atoms with Crippen LogP contribution in [0.1, 0.15) is 31.9 Å². The average molecular weight is 358 g/mol. The van der Waals surface area contributed by atoms with E-state index in [0.717, 1.165) is 0 Å². The van der Waals surface area contributed by atoms with Crippen LogP contribution in [0.25, 0.3) is 0 Å². The summed E-state index contributed by atoms with van der Waals surface area (Å²) in [7, 11) is 0. The Balaban J connectivity index is 3.01. The second-order valence-corrected chi connectivity index (χ2v) is 5.87. The van der Waals surface area contributed by atoms with Gasteiger partial charge < -0.3 is 14.2 Å². The first-order chi connectivity index (χ1) is 12.1. The number of hydrogen-bond donors (Lipinski definition) is 0. The van der Waals surface area contributed by atoms with Crippen LogP contribution in [0.4, 0.5) is 0 Å². The van der Waals surface area contributed by atoms with Crippen molar-refractivity contribution in [2.45, 2.75) is 34.0 Å². The van der Waals surface area contributed by atoms with Gasteiger partial charge in [-0.1, -0.05) is 19.7 Å². The Hall–Kier alpha value is -3.15. The summed E-state index contributed by atoms with van der Waals surface area (Å²) in [5, 5.41) is 0. The highest BCUT2D eigenvalue weighted by Gasteiger charge is 2.12. The lowest BCUT2D eigenvalue weighted by Crippen LogP contribution is -2.10. The molecule has 0 fully saturated rings. The molecular weight excluding hydrogens is 336 g/mol. The van der Waals surface area contributed by atoms with Gasteiger partial charge in [-0.05, 0) is 50.1 Å². The molecule has 0 aliphatic heterocycles. The Bertz CT molecular complexity index is 724. The Morgan fingerprint density at radius 1 is 0.731 bits per heavy atom. The van der Waals surface area contributed by atoms with Gasteiger partial charge in [0.15, 0.2) is 0 Å². The van der Waals surface area contributed by atoms with Gasteiger partial charge in [0, 0.05) is 16.7 Å². The lowest BCUT2D eigenvalue weighted by atomic mass is 10.1. The van der Waals surface area contributed by atoms with Gasteiger partial charge >= 0.3 is 17.9 Å². The first-order valence-electron chi connectivity index (χ1n) is 7.76. The van der Waals surface area contributed by atoms with Crippen molar-refractivity contribution in [2.75, 3.05) is 0 Å². The van der Waals surface area contributed by atoms with Gasteiger partial charge in [-0.3, -0.25) is 0 Å². The van der Waals surface area contributed by atoms with E-state index in [1.165, 1.54) is 20.8 Å². The van der Waals surface area contributed by atoms with E-state index in [-0.39, 0.29) is 35.7 Å². The zero-order valence-electron chi connectivity index (χ0n) is 15.2. The van der Waals surface area contributed by atoms with Gasteiger partial charge in [0.2, 0.25) is 0 Å². The lowest BCUT2D eigenvalue weighted by Gasteiger charge is -2.11. The largest absolute Gasteiger partial charge is 0.457 e. The van der Waals surface area contributed by atoms with Crippen LogP contribution in [0.3, 0.4) is 0 Å². The number of carbonyl (C=O) groups is 3. The third kappa shape index (κ3) is 6.76. The van der Waals surface area contributed by atoms with E-state index >= 15 is 0 Å². The van der Waals surface area contributed by atoms with Crippen LogP contribution >= 0.6 is 0 Å². The fourth-order valence-electron chi connectivity index (χ4n) is 1.69. The Kier molecular flexibility index (Phi) is 7.52. The smallest absolute Gasteiger partial charge is 0.338 e. The van der Waals surface area contributed by atoms with Gasteiger partial charge in [-0.25, -0.2) is 14.4 Å². The van der Waals surface area contributed by atoms with Crippen molar-refractivity contribution in [1.29, 1.82) is 0 Å². The molecule has 1 aromatic carbocycles. The molecule has 26 heavy (non-hydrogen) atoms. The van der Waals surface area contributed by atoms with Gasteiger partial charge in [0.1, 0.15) is 19.0 Å². The number of carbonyl (C=O) groups excluding carboxylic acids is 3. The molecule has 0 saturated carbocycles. The van der Waals surface area contributed by atoms with E-state index in [9.17, 15) is 14.4 Å². The normalized spacial score (nSPS) is 9.81. The van der Waals surface area contributed by atoms with E-state index in [2.05, 4.69) is 19.7 Å². The molecule has 0 amide bonds. The topological polar surface area (TPSA) is 78.9 Å². The minimum atomic E-state index is -0.592. The standard InChI is InChI=1S/C20H22O6/c1-12(2)18(21)24-10-15-7-16(11-25-19(22)13(3)4)9-17(8-15)26-20(23)14(5)6/h7-9H,1,3,5,10-11H2,2,4,6H3. The lowest BCUT2D eigenvalue weighted by molar-refractivity contribution is -0.140. The summed E-state index contributed by atoms with van der Waals surface area (Å²) >= 11 is 0. The van der Waals surface area contributed by atoms with Crippen molar-refractivity contribution in [1.82, 2.24) is 0 Å². The van der Waals surface area contributed by atoms with E-state index in [1.54, 1.807) is 18.2 Å². The highest BCUT2D eigenvalue weighted by molar-refractivity contribution is 5.89. The van der Waals surface area contributed by atoms with Crippen molar-refractivity contribution in [3.63, 3.8) is 0 Å². The van der Waals surface area contributed by atoms with Crippen molar-refractivity contribution < 1.29 is 28.6 Å². The SMILES string of the molecule is C=C(C)C(=O)OCc1cc(COC(=O)C(=C)C)cc(OC(=O)C(=C)C)c1. The van der Waals surface area contributed by atoms with Crippen LogP contribution in [0.5, 0.6) is 5.75 Å². The third-order valence-electron chi connectivity index (χ3n) is 3.02. The summed E-state index contributed by atoms with van der Waals surface area (Å²) in [5.41, 5.74) is 1.90. The Morgan fingerprint density at radius 2 is 1.12 bits per heavy atom. The van der Waals surface area contributed by atoms with E-state index < -0.39 is 17.9 Å². The van der Waals surface area contributed by atoms with E-state index in [0.29, 0.717) is 11.1 Å². The average Bonchev–Trinajstić information content (AvgIpc) is 2.56. The van der Waals surface area contributed by atoms with Crippen molar-refractivity contribution in [3.8, 4) is 5.75 Å². The number of benzene rings is 1. The molecule has 0 N–H and O–H groups in total. The molecule has 0 aromatic heterocycles. The summed E-state index contributed by atoms with van der Waals surface area (Å²) in [5.74, 6) is -1.44. The van der Waals surface area contributed by atoms with E-state index in [1.807, 2.05) is 0 Å². The quantitative estimate of drug-likeness (QED) is 0.403. The van der Waals surface area contributed by atoms with Gasteiger partial charge in [0.25, 0.3) is 0 Å². The van der Waals surface area contributed by atoms with Gasteiger partial charge in [-0.2, -0.15) is 0 Å². The zero-order chi connectivity index (χ0) is 19.9. The number of rotatable bonds is 8. The molecule has 0 atom stereocenters. The Morgan fingerprint density at radius 3 is 1.46 bits per heavy atom. The van der Waals surface area contributed by atoms with Crippen LogP contribution < -0.4 is 4.74 Å². The van der Waals surface area contributed by atoms with Crippen LogP contribution in [-0.4, -0.2) is 17.9 Å². The second-order valence-electron chi connectivity index (χ2n) is 5.87. The molecule has 0 spiro atoms. The predicted molar refractivity (Wildman–Crippen MR) is 96.1 cm³/mol. The van der Waals surface area contributed by atoms with Crippen molar-refractivity contribution in [3.05, 3.63) is 65.8 Å². The first kappa shape index (κ1) is 20.9. The maximum atomic E-state index is 11.7. The molecule has 6 nitrogen and oxygen atoms in total. The van der Waals surface area contributed by atoms with E-state index in [4.69, 9.17) is 14.2 Å². The van der Waals surface area contributed by atoms with Crippen LogP contribution in [0, 0.1) is 0 Å². The van der Waals surface area contributed by atoms with Crippen LogP contribution in [-0.2, 0) is 37.1 Å². The second kappa shape index (κ2) is 9.36. The van der Waals surface area contributed by atoms with Gasteiger partial charge in [-0.15, -0.1) is 0 Å². The molecule has 138 valence electrons. The number of hydrogen-bond acceptors (Lipinski definition) is 6. The summed E-state index contributed by atoms with van der Waals surface area (Å²) in [6.07, 6.45) is 0. The summed E-state index contributed by atoms with van der Waals surface area (Å²) < 4.78 is 15.4. The minimum absolute atomic E-state index is 0.0500. The number of ether oxygens (including phenoxy) is 3. The molecule has 0 saturated heterocycles. The van der Waals surface area contributed by atoms with Crippen molar-refractivity contribution in [2.24, 2.45) is 0 Å². The molecule has 6 heteroatoms. The van der Waals surface area contributed by atoms with Crippen molar-refractivity contribution >= 4 is 17.9 Å². The number of esters is 3. The fraction of sp³-hybridized carbons (Fsp3) is 0.250.